The van der Waals surface area contributed by atoms with Crippen LogP contribution < -0.4 is 10.6 Å². The number of nitrogens with two attached hydrogens (primary N) is 1. The second-order valence-electron chi connectivity index (χ2n) is 11.9. The molecule has 1 amide bonds. The molecule has 3 aromatic rings. The molecule has 3 fully saturated rings. The molecule has 0 spiro atoms. The van der Waals surface area contributed by atoms with E-state index in [1.807, 2.05) is 44.1 Å². The molecule has 0 unspecified atom stereocenters. The second-order valence-corrected chi connectivity index (χ2v) is 11.9. The standard InChI is InChI=1S/C28H37N7O2/c1-28(2,3)37-27(36)34-17-22-11-23(34)16-33(22)20-6-7-24-25(12-20)32-26(14-30-24)19-13-31-35(15-19)21-9-18(10-21)5-4-8-29/h6-7,12-15,18,21-23H,4-5,8-11,16-17,29H2,1-3H3/t18?,21?,22-,23-/m0/s1. The fourth-order valence-corrected chi connectivity index (χ4v) is 6.07. The number of anilines is 1. The average Bonchev–Trinajstić information content (AvgIpc) is 3.58. The van der Waals surface area contributed by atoms with Gasteiger partial charge in [0, 0.05) is 36.6 Å². The molecule has 2 aromatic heterocycles. The summed E-state index contributed by atoms with van der Waals surface area (Å²) in [4.78, 5) is 26.5. The van der Waals surface area contributed by atoms with Gasteiger partial charge in [-0.25, -0.2) is 9.78 Å². The minimum Gasteiger partial charge on any atom is -0.444 e. The zero-order valence-corrected chi connectivity index (χ0v) is 22.0. The molecule has 2 N–H and O–H groups in total. The van der Waals surface area contributed by atoms with Crippen LogP contribution in [0.2, 0.25) is 0 Å². The van der Waals surface area contributed by atoms with E-state index < -0.39 is 5.60 Å². The van der Waals surface area contributed by atoms with E-state index in [1.54, 1.807) is 0 Å². The smallest absolute Gasteiger partial charge is 0.410 e. The Morgan fingerprint density at radius 3 is 2.65 bits per heavy atom. The molecular formula is C28H37N7O2. The number of nitrogens with zero attached hydrogens (tertiary/aromatic N) is 6. The predicted molar refractivity (Wildman–Crippen MR) is 143 cm³/mol. The van der Waals surface area contributed by atoms with Crippen molar-refractivity contribution in [3.63, 3.8) is 0 Å². The van der Waals surface area contributed by atoms with Gasteiger partial charge in [0.05, 0.1) is 41.2 Å². The summed E-state index contributed by atoms with van der Waals surface area (Å²) >= 11 is 0. The number of carbonyl (C=O) groups excluding carboxylic acids is 1. The maximum Gasteiger partial charge on any atom is 0.410 e. The van der Waals surface area contributed by atoms with Crippen molar-refractivity contribution in [1.82, 2.24) is 24.6 Å². The number of amides is 1. The van der Waals surface area contributed by atoms with E-state index in [-0.39, 0.29) is 12.1 Å². The van der Waals surface area contributed by atoms with Crippen molar-refractivity contribution >= 4 is 22.8 Å². The van der Waals surface area contributed by atoms with Gasteiger partial charge in [-0.2, -0.15) is 5.10 Å². The highest BCUT2D eigenvalue weighted by molar-refractivity contribution is 5.81. The summed E-state index contributed by atoms with van der Waals surface area (Å²) in [5, 5.41) is 4.63. The lowest BCUT2D eigenvalue weighted by atomic mass is 9.77. The Labute approximate surface area is 218 Å². The van der Waals surface area contributed by atoms with Gasteiger partial charge in [-0.05, 0) is 83.5 Å². The first-order chi connectivity index (χ1) is 17.8. The van der Waals surface area contributed by atoms with Crippen LogP contribution in [0.15, 0.2) is 36.8 Å². The van der Waals surface area contributed by atoms with Crippen molar-refractivity contribution in [3.05, 3.63) is 36.8 Å². The highest BCUT2D eigenvalue weighted by Gasteiger charge is 2.46. The highest BCUT2D eigenvalue weighted by Crippen LogP contribution is 2.40. The van der Waals surface area contributed by atoms with Crippen LogP contribution in [0.1, 0.15) is 58.9 Å². The molecule has 0 radical (unpaired) electrons. The number of hydrogen-bond donors (Lipinski definition) is 1. The Kier molecular flexibility index (Phi) is 6.06. The Bertz CT molecular complexity index is 1290. The van der Waals surface area contributed by atoms with Crippen molar-refractivity contribution in [2.75, 3.05) is 24.5 Å². The van der Waals surface area contributed by atoms with Crippen molar-refractivity contribution in [3.8, 4) is 11.3 Å². The molecule has 2 bridgehead atoms. The fraction of sp³-hybridized carbons (Fsp3) is 0.571. The molecule has 6 rings (SSSR count). The third-order valence-corrected chi connectivity index (χ3v) is 8.02. The Morgan fingerprint density at radius 1 is 1.08 bits per heavy atom. The summed E-state index contributed by atoms with van der Waals surface area (Å²) in [6.45, 7) is 8.01. The molecule has 1 aromatic carbocycles. The highest BCUT2D eigenvalue weighted by atomic mass is 16.6. The lowest BCUT2D eigenvalue weighted by Crippen LogP contribution is -2.50. The van der Waals surface area contributed by atoms with Crippen LogP contribution in [0, 0.1) is 5.92 Å². The Balaban J connectivity index is 1.15. The number of piperazine rings is 1. The number of aromatic nitrogens is 4. The van der Waals surface area contributed by atoms with Crippen LogP contribution in [0.5, 0.6) is 0 Å². The van der Waals surface area contributed by atoms with Gasteiger partial charge in [-0.1, -0.05) is 0 Å². The number of rotatable bonds is 6. The van der Waals surface area contributed by atoms with Crippen LogP contribution in [0.4, 0.5) is 10.5 Å². The average molecular weight is 504 g/mol. The number of ether oxygens (including phenoxy) is 1. The zero-order valence-electron chi connectivity index (χ0n) is 22.0. The van der Waals surface area contributed by atoms with Gasteiger partial charge >= 0.3 is 6.09 Å². The maximum atomic E-state index is 12.6. The van der Waals surface area contributed by atoms with Gasteiger partial charge in [0.25, 0.3) is 0 Å². The van der Waals surface area contributed by atoms with Gasteiger partial charge < -0.3 is 20.3 Å². The van der Waals surface area contributed by atoms with Crippen molar-refractivity contribution in [2.45, 2.75) is 76.6 Å². The normalized spacial score (nSPS) is 25.1. The van der Waals surface area contributed by atoms with Crippen molar-refractivity contribution < 1.29 is 9.53 Å². The van der Waals surface area contributed by atoms with Crippen molar-refractivity contribution in [2.24, 2.45) is 11.7 Å². The third kappa shape index (κ3) is 4.77. The molecular weight excluding hydrogens is 466 g/mol. The van der Waals surface area contributed by atoms with Crippen LogP contribution in [0.25, 0.3) is 22.3 Å². The van der Waals surface area contributed by atoms with E-state index in [0.717, 1.165) is 59.8 Å². The van der Waals surface area contributed by atoms with Crippen LogP contribution in [-0.2, 0) is 4.74 Å². The van der Waals surface area contributed by atoms with E-state index in [1.165, 1.54) is 19.3 Å². The predicted octanol–water partition coefficient (Wildman–Crippen LogP) is 4.38. The largest absolute Gasteiger partial charge is 0.444 e. The topological polar surface area (TPSA) is 102 Å². The molecule has 9 heteroatoms. The Hall–Kier alpha value is -3.20. The van der Waals surface area contributed by atoms with E-state index >= 15 is 0 Å². The SMILES string of the molecule is CC(C)(C)OC(=O)N1C[C@@H]2C[C@H]1CN2c1ccc2ncc(-c3cnn(C4CC(CCCN)C4)c3)nc2c1. The maximum absolute atomic E-state index is 12.6. The van der Waals surface area contributed by atoms with Crippen molar-refractivity contribution in [1.29, 1.82) is 0 Å². The van der Waals surface area contributed by atoms with E-state index in [2.05, 4.69) is 38.0 Å². The number of fused-ring (bicyclic) bond motifs is 3. The summed E-state index contributed by atoms with van der Waals surface area (Å²) in [7, 11) is 0. The van der Waals surface area contributed by atoms with E-state index in [4.69, 9.17) is 15.5 Å². The van der Waals surface area contributed by atoms with Gasteiger partial charge in [0.15, 0.2) is 0 Å². The molecule has 1 aliphatic carbocycles. The second kappa shape index (κ2) is 9.28. The molecule has 37 heavy (non-hydrogen) atoms. The molecule has 3 aliphatic rings. The Morgan fingerprint density at radius 2 is 1.92 bits per heavy atom. The van der Waals surface area contributed by atoms with E-state index in [9.17, 15) is 4.79 Å². The summed E-state index contributed by atoms with van der Waals surface area (Å²) in [5.41, 5.74) is 9.89. The molecule has 2 aliphatic heterocycles. The first kappa shape index (κ1) is 24.2. The summed E-state index contributed by atoms with van der Waals surface area (Å²) < 4.78 is 7.71. The number of benzene rings is 1. The quantitative estimate of drug-likeness (QED) is 0.532. The van der Waals surface area contributed by atoms with Crippen LogP contribution >= 0.6 is 0 Å². The van der Waals surface area contributed by atoms with Crippen LogP contribution in [-0.4, -0.2) is 68.1 Å². The van der Waals surface area contributed by atoms with E-state index in [0.29, 0.717) is 18.6 Å². The first-order valence-corrected chi connectivity index (χ1v) is 13.5. The lowest BCUT2D eigenvalue weighted by Gasteiger charge is -2.36. The monoisotopic (exact) mass is 503 g/mol. The number of carbonyl (C=O) groups is 1. The van der Waals surface area contributed by atoms with Crippen LogP contribution in [0.3, 0.4) is 0 Å². The minimum atomic E-state index is -0.478. The molecule has 4 heterocycles. The summed E-state index contributed by atoms with van der Waals surface area (Å²) in [6, 6.07) is 7.23. The summed E-state index contributed by atoms with van der Waals surface area (Å²) in [5.74, 6) is 0.775. The minimum absolute atomic E-state index is 0.181. The number of likely N-dealkylation sites (tertiary alicyclic amines) is 1. The lowest BCUT2D eigenvalue weighted by molar-refractivity contribution is 0.0214. The fourth-order valence-electron chi connectivity index (χ4n) is 6.07. The number of hydrogen-bond acceptors (Lipinski definition) is 7. The zero-order chi connectivity index (χ0) is 25.7. The third-order valence-electron chi connectivity index (χ3n) is 8.02. The molecule has 2 saturated heterocycles. The van der Waals surface area contributed by atoms with Gasteiger partial charge in [0.1, 0.15) is 5.60 Å². The summed E-state index contributed by atoms with van der Waals surface area (Å²) in [6.07, 6.45) is 11.3. The first-order valence-electron chi connectivity index (χ1n) is 13.5. The molecule has 1 saturated carbocycles. The van der Waals surface area contributed by atoms with Gasteiger partial charge in [-0.15, -0.1) is 0 Å². The molecule has 9 nitrogen and oxygen atoms in total. The van der Waals surface area contributed by atoms with Gasteiger partial charge in [0.2, 0.25) is 0 Å². The molecule has 196 valence electrons. The van der Waals surface area contributed by atoms with Gasteiger partial charge in [-0.3, -0.25) is 9.67 Å². The molecule has 2 atom stereocenters.